The maximum Gasteiger partial charge on any atom is 0.291 e. The number of fused-ring (bicyclic) bond motifs is 2. The van der Waals surface area contributed by atoms with Gasteiger partial charge in [0.1, 0.15) is 5.58 Å². The topological polar surface area (TPSA) is 78.9 Å². The van der Waals surface area contributed by atoms with Crippen molar-refractivity contribution in [3.63, 3.8) is 0 Å². The van der Waals surface area contributed by atoms with Crippen molar-refractivity contribution in [2.24, 2.45) is 0 Å². The van der Waals surface area contributed by atoms with Crippen LogP contribution in [0.25, 0.3) is 33.6 Å². The maximum absolute atomic E-state index is 13.0. The first-order valence-electron chi connectivity index (χ1n) is 10.8. The third-order valence-corrected chi connectivity index (χ3v) is 6.43. The van der Waals surface area contributed by atoms with Gasteiger partial charge >= 0.3 is 0 Å². The Balaban J connectivity index is 1.50. The van der Waals surface area contributed by atoms with Crippen LogP contribution in [0.5, 0.6) is 11.5 Å². The second-order valence-corrected chi connectivity index (χ2v) is 8.72. The molecule has 0 radical (unpaired) electrons. The van der Waals surface area contributed by atoms with Gasteiger partial charge in [-0.15, -0.1) is 5.10 Å². The van der Waals surface area contributed by atoms with Crippen LogP contribution in [0.15, 0.2) is 51.7 Å². The van der Waals surface area contributed by atoms with E-state index in [4.69, 9.17) is 13.9 Å². The number of aromatic nitrogens is 3. The van der Waals surface area contributed by atoms with Gasteiger partial charge in [-0.1, -0.05) is 48.9 Å². The molecule has 0 bridgehead atoms. The molecule has 2 aromatic carbocycles. The summed E-state index contributed by atoms with van der Waals surface area (Å²) in [4.78, 5) is 18.1. The van der Waals surface area contributed by atoms with E-state index in [9.17, 15) is 4.79 Å². The number of unbranched alkanes of at least 4 members (excludes halogenated alkanes) is 1. The molecule has 8 heteroatoms. The molecule has 0 spiro atoms. The highest BCUT2D eigenvalue weighted by Gasteiger charge is 2.19. The molecular weight excluding hydrogens is 438 g/mol. The predicted molar refractivity (Wildman–Crippen MR) is 129 cm³/mol. The van der Waals surface area contributed by atoms with Crippen LogP contribution >= 0.6 is 11.3 Å². The normalized spacial score (nSPS) is 12.2. The van der Waals surface area contributed by atoms with E-state index in [0.29, 0.717) is 39.2 Å². The highest BCUT2D eigenvalue weighted by molar-refractivity contribution is 7.15. The van der Waals surface area contributed by atoms with Gasteiger partial charge in [0.05, 0.1) is 18.2 Å². The van der Waals surface area contributed by atoms with Gasteiger partial charge < -0.3 is 13.9 Å². The summed E-state index contributed by atoms with van der Waals surface area (Å²) in [5.41, 5.74) is 2.35. The lowest BCUT2D eigenvalue weighted by atomic mass is 10.1. The van der Waals surface area contributed by atoms with Gasteiger partial charge in [0.25, 0.3) is 5.56 Å². The smallest absolute Gasteiger partial charge is 0.291 e. The summed E-state index contributed by atoms with van der Waals surface area (Å²) in [6.45, 7) is 4.73. The van der Waals surface area contributed by atoms with Crippen LogP contribution in [0.1, 0.15) is 30.9 Å². The Morgan fingerprint density at radius 1 is 1.18 bits per heavy atom. The van der Waals surface area contributed by atoms with Crippen LogP contribution in [0, 0.1) is 6.92 Å². The van der Waals surface area contributed by atoms with Gasteiger partial charge in [0, 0.05) is 10.9 Å². The van der Waals surface area contributed by atoms with Crippen molar-refractivity contribution in [3.05, 3.63) is 68.5 Å². The fraction of sp³-hybridized carbons (Fsp3) is 0.240. The molecule has 3 aromatic heterocycles. The van der Waals surface area contributed by atoms with Crippen LogP contribution in [0.3, 0.4) is 0 Å². The lowest BCUT2D eigenvalue weighted by Crippen LogP contribution is -2.23. The van der Waals surface area contributed by atoms with E-state index >= 15 is 0 Å². The first-order valence-corrected chi connectivity index (χ1v) is 11.6. The highest BCUT2D eigenvalue weighted by Crippen LogP contribution is 2.31. The van der Waals surface area contributed by atoms with E-state index in [0.717, 1.165) is 34.9 Å². The summed E-state index contributed by atoms with van der Waals surface area (Å²) < 4.78 is 19.1. The molecule has 0 aliphatic heterocycles. The molecule has 0 aliphatic rings. The number of rotatable bonds is 7. The van der Waals surface area contributed by atoms with E-state index in [1.807, 2.05) is 55.5 Å². The fourth-order valence-corrected chi connectivity index (χ4v) is 4.60. The minimum absolute atomic E-state index is 0.218. The molecule has 0 aliphatic carbocycles. The van der Waals surface area contributed by atoms with Gasteiger partial charge in [-0.3, -0.25) is 4.79 Å². The van der Waals surface area contributed by atoms with Gasteiger partial charge in [-0.2, -0.15) is 9.50 Å². The monoisotopic (exact) mass is 461 g/mol. The predicted octanol–water partition coefficient (Wildman–Crippen LogP) is 4.61. The molecule has 0 fully saturated rings. The Morgan fingerprint density at radius 3 is 2.79 bits per heavy atom. The summed E-state index contributed by atoms with van der Waals surface area (Å²) >= 11 is 1.29. The standard InChI is InChI=1S/C25H23N3O4S/c1-4-5-12-31-19-11-10-16(13-20(19)30-3)14-21-24(29)28-25(33-21)26-23(27-28)22-15(2)17-8-6-7-9-18(17)32-22/h6-11,13-14H,4-5,12H2,1-3H3. The quantitative estimate of drug-likeness (QED) is 0.330. The molecule has 5 aromatic rings. The van der Waals surface area contributed by atoms with Crippen LogP contribution in [0.2, 0.25) is 0 Å². The summed E-state index contributed by atoms with van der Waals surface area (Å²) in [7, 11) is 1.61. The lowest BCUT2D eigenvalue weighted by Gasteiger charge is -2.10. The molecule has 5 rings (SSSR count). The van der Waals surface area contributed by atoms with Gasteiger partial charge in [-0.05, 0) is 43.2 Å². The Kier molecular flexibility index (Phi) is 5.60. The Bertz CT molecular complexity index is 1560. The molecule has 0 unspecified atom stereocenters. The largest absolute Gasteiger partial charge is 0.493 e. The van der Waals surface area contributed by atoms with Crippen LogP contribution in [-0.4, -0.2) is 28.3 Å². The second kappa shape index (κ2) is 8.71. The second-order valence-electron chi connectivity index (χ2n) is 7.71. The molecule has 0 amide bonds. The van der Waals surface area contributed by atoms with Crippen LogP contribution < -0.4 is 19.6 Å². The number of nitrogens with zero attached hydrogens (tertiary/aromatic N) is 3. The lowest BCUT2D eigenvalue weighted by molar-refractivity contribution is 0.288. The summed E-state index contributed by atoms with van der Waals surface area (Å²) in [5.74, 6) is 2.32. The van der Waals surface area contributed by atoms with Crippen LogP contribution in [0.4, 0.5) is 0 Å². The summed E-state index contributed by atoms with van der Waals surface area (Å²) in [6, 6.07) is 13.4. The average molecular weight is 462 g/mol. The van der Waals surface area contributed by atoms with E-state index in [2.05, 4.69) is 17.0 Å². The third kappa shape index (κ3) is 3.87. The van der Waals surface area contributed by atoms with Crippen LogP contribution in [-0.2, 0) is 0 Å². The molecule has 3 heterocycles. The van der Waals surface area contributed by atoms with Crippen molar-refractivity contribution >= 4 is 33.3 Å². The van der Waals surface area contributed by atoms with Crippen molar-refractivity contribution in [2.75, 3.05) is 13.7 Å². The zero-order chi connectivity index (χ0) is 22.9. The number of furan rings is 1. The van der Waals surface area contributed by atoms with E-state index in [1.165, 1.54) is 15.9 Å². The molecule has 7 nitrogen and oxygen atoms in total. The number of ether oxygens (including phenoxy) is 2. The van der Waals surface area contributed by atoms with Gasteiger partial charge in [-0.25, -0.2) is 0 Å². The highest BCUT2D eigenvalue weighted by atomic mass is 32.1. The number of hydrogen-bond donors (Lipinski definition) is 0. The zero-order valence-corrected chi connectivity index (χ0v) is 19.4. The van der Waals surface area contributed by atoms with E-state index < -0.39 is 0 Å². The minimum Gasteiger partial charge on any atom is -0.493 e. The number of aryl methyl sites for hydroxylation is 1. The number of para-hydroxylation sites is 1. The number of hydrogen-bond acceptors (Lipinski definition) is 7. The van der Waals surface area contributed by atoms with Crippen molar-refractivity contribution in [3.8, 4) is 23.1 Å². The Morgan fingerprint density at radius 2 is 2.03 bits per heavy atom. The molecular formula is C25H23N3O4S. The van der Waals surface area contributed by atoms with Gasteiger partial charge in [0.15, 0.2) is 17.3 Å². The van der Waals surface area contributed by atoms with Crippen molar-refractivity contribution < 1.29 is 13.9 Å². The Labute approximate surface area is 193 Å². The molecule has 0 saturated carbocycles. The average Bonchev–Trinajstić information content (AvgIpc) is 3.48. The minimum atomic E-state index is -0.218. The number of thiazole rings is 1. The van der Waals surface area contributed by atoms with Crippen molar-refractivity contribution in [1.29, 1.82) is 0 Å². The van der Waals surface area contributed by atoms with Crippen molar-refractivity contribution in [2.45, 2.75) is 26.7 Å². The fourth-order valence-electron chi connectivity index (χ4n) is 3.69. The maximum atomic E-state index is 13.0. The SMILES string of the molecule is CCCCOc1ccc(C=c2sc3nc(-c4oc5ccccc5c4C)nn3c2=O)cc1OC. The first kappa shape index (κ1) is 21.2. The third-order valence-electron chi connectivity index (χ3n) is 5.47. The molecule has 0 N–H and O–H groups in total. The molecule has 168 valence electrons. The number of methoxy groups -OCH3 is 1. The number of benzene rings is 2. The zero-order valence-electron chi connectivity index (χ0n) is 18.6. The first-order chi connectivity index (χ1) is 16.1. The molecule has 33 heavy (non-hydrogen) atoms. The van der Waals surface area contributed by atoms with Crippen molar-refractivity contribution in [1.82, 2.24) is 14.6 Å². The van der Waals surface area contributed by atoms with E-state index in [1.54, 1.807) is 7.11 Å². The van der Waals surface area contributed by atoms with Gasteiger partial charge in [0.2, 0.25) is 10.8 Å². The van der Waals surface area contributed by atoms with E-state index in [-0.39, 0.29) is 5.56 Å². The Hall–Kier alpha value is -3.65. The summed E-state index contributed by atoms with van der Waals surface area (Å²) in [6.07, 6.45) is 3.86. The molecule has 0 saturated heterocycles. The summed E-state index contributed by atoms with van der Waals surface area (Å²) in [5, 5.41) is 5.45. The molecule has 0 atom stereocenters.